The molecule has 0 saturated carbocycles. The van der Waals surface area contributed by atoms with E-state index in [1.54, 1.807) is 248 Å². The molecule has 4 aliphatic carbocycles. The molecule has 0 amide bonds. The van der Waals surface area contributed by atoms with Crippen molar-refractivity contribution in [2.24, 2.45) is 0 Å². The fourth-order valence-corrected chi connectivity index (χ4v) is 23.1. The van der Waals surface area contributed by atoms with Crippen LogP contribution in [0.25, 0.3) is 291 Å². The van der Waals surface area contributed by atoms with Crippen molar-refractivity contribution in [1.29, 1.82) is 0 Å². The Balaban J connectivity index is 1.33. The Labute approximate surface area is 328 Å². The van der Waals surface area contributed by atoms with Gasteiger partial charge in [-0.2, -0.15) is 0 Å². The molecule has 1 heteroatoms. The van der Waals surface area contributed by atoms with E-state index in [0.29, 0.717) is 0 Å². The van der Waals surface area contributed by atoms with E-state index in [2.05, 4.69) is 0 Å². The topological polar surface area (TPSA) is 20.2 Å². The number of hydrogen-bond acceptors (Lipinski definition) is 1. The molecule has 0 saturated heterocycles. The summed E-state index contributed by atoms with van der Waals surface area (Å²) in [5.41, 5.74) is 4.61. The minimum Gasteiger partial charge on any atom is -0.379 e. The Kier molecular flexibility index (Phi) is 1.56. The smallest absolute Gasteiger partial charge is 0.128 e. The summed E-state index contributed by atoms with van der Waals surface area (Å²) < 4.78 is 0. The van der Waals surface area contributed by atoms with Crippen LogP contribution >= 0.6 is 0 Å². The molecule has 4 aliphatic rings. The average Bonchev–Trinajstić information content (AvgIpc) is 4.10. The first-order valence-corrected chi connectivity index (χ1v) is 22.8. The highest BCUT2D eigenvalue weighted by Crippen LogP contribution is 2.83. The van der Waals surface area contributed by atoms with Crippen molar-refractivity contribution in [1.82, 2.24) is 0 Å². The van der Waals surface area contributed by atoms with Crippen molar-refractivity contribution in [2.45, 2.75) is 11.5 Å². The summed E-state index contributed by atoms with van der Waals surface area (Å²) in [6.45, 7) is 0. The van der Waals surface area contributed by atoms with Crippen molar-refractivity contribution in [3.8, 4) is 0 Å². The van der Waals surface area contributed by atoms with Crippen LogP contribution in [0.3, 0.4) is 0 Å². The summed E-state index contributed by atoms with van der Waals surface area (Å²) in [4.78, 5) is 0. The third-order valence-corrected chi connectivity index (χ3v) is 23.1. The maximum absolute atomic E-state index is 15.0. The maximum Gasteiger partial charge on any atom is 0.128 e. The van der Waals surface area contributed by atoms with Crippen LogP contribution in [-0.2, 0) is 5.60 Å². The lowest BCUT2D eigenvalue weighted by molar-refractivity contribution is 0.0711. The fraction of sp³-hybridized carbons (Fsp3) is 0.0333. The molecule has 0 heterocycles. The quantitative estimate of drug-likeness (QED) is 0.154. The van der Waals surface area contributed by atoms with Gasteiger partial charge in [-0.1, -0.05) is 0 Å². The van der Waals surface area contributed by atoms with Gasteiger partial charge in [0.15, 0.2) is 0 Å². The summed E-state index contributed by atoms with van der Waals surface area (Å²) in [5.74, 6) is -0.0712. The van der Waals surface area contributed by atoms with Gasteiger partial charge in [-0.15, -0.1) is 0 Å². The molecule has 32 rings (SSSR count). The lowest BCUT2D eigenvalue weighted by Gasteiger charge is -2.41. The maximum atomic E-state index is 15.0. The number of benzene rings is 18. The van der Waals surface area contributed by atoms with Gasteiger partial charge in [-0.05, 0) is 302 Å². The van der Waals surface area contributed by atoms with Gasteiger partial charge in [0.1, 0.15) is 5.60 Å². The summed E-state index contributed by atoms with van der Waals surface area (Å²) >= 11 is 0. The molecule has 1 nitrogen and oxygen atoms in total. The predicted molar refractivity (Wildman–Crippen MR) is 257 cm³/mol. The van der Waals surface area contributed by atoms with Crippen LogP contribution in [0.2, 0.25) is 0 Å². The molecular formula is C60H2O. The molecule has 0 atom stereocenters. The molecule has 0 unspecified atom stereocenters. The monoisotopic (exact) mass is 738 g/mol. The molecular weight excluding hydrogens is 737 g/mol. The van der Waals surface area contributed by atoms with Gasteiger partial charge in [0.2, 0.25) is 0 Å². The highest BCUT2D eigenvalue weighted by Gasteiger charge is 2.62. The van der Waals surface area contributed by atoms with Crippen LogP contribution < -0.4 is 0 Å². The second-order valence-electron chi connectivity index (χ2n) is 23.0. The first kappa shape index (κ1) is 21.1. The molecule has 28 aromatic carbocycles. The van der Waals surface area contributed by atoms with Gasteiger partial charge in [0.25, 0.3) is 0 Å². The standard InChI is InChI=1S/C60H2O/c61-60-57-53-47-33-25-17-5-2-1-3-6(5)18-20-16-10(3)12-8-4(1)7-11-9(2)15-19(17)31(33)39-37-23(15)21(11)29-27-13(7)14(8)28-30-22(12)24(16)38-40-32(20)34(26(18)25)48(47)54(57)50(40)52-44(38)42(30)46-36(28)35(27)45-41(29)43(37)51(49(39)53)58(60)55(45)56(46)59(52)60/h57,61H. The minimum absolute atomic E-state index is 0.0712. The van der Waals surface area contributed by atoms with Crippen LogP contribution in [-0.4, -0.2) is 5.11 Å². The Hall–Kier alpha value is -7.58. The van der Waals surface area contributed by atoms with Crippen molar-refractivity contribution >= 4 is 291 Å². The Morgan fingerprint density at radius 2 is 0.279 bits per heavy atom. The second kappa shape index (κ2) is 4.50. The van der Waals surface area contributed by atoms with E-state index in [1.165, 1.54) is 65.3 Å². The molecule has 0 aromatic heterocycles. The molecule has 0 radical (unpaired) electrons. The number of hydrogen-bond donors (Lipinski definition) is 1. The van der Waals surface area contributed by atoms with E-state index in [-0.39, 0.29) is 5.92 Å². The number of rotatable bonds is 0. The molecule has 0 spiro atoms. The van der Waals surface area contributed by atoms with Crippen molar-refractivity contribution in [2.75, 3.05) is 0 Å². The second-order valence-corrected chi connectivity index (χ2v) is 23.0. The Morgan fingerprint density at radius 1 is 0.164 bits per heavy atom. The van der Waals surface area contributed by atoms with Crippen LogP contribution in [0.15, 0.2) is 0 Å². The molecule has 0 fully saturated rings. The molecule has 0 aliphatic heterocycles. The van der Waals surface area contributed by atoms with E-state index < -0.39 is 5.60 Å². The zero-order valence-electron chi connectivity index (χ0n) is 30.5. The highest BCUT2D eigenvalue weighted by molar-refractivity contribution is 6.82. The van der Waals surface area contributed by atoms with Crippen molar-refractivity contribution < 1.29 is 5.11 Å². The molecule has 61 heavy (non-hydrogen) atoms. The first-order chi connectivity index (χ1) is 30.4. The normalized spacial score (nSPS) is 22.1. The molecule has 1 N–H and O–H groups in total. The van der Waals surface area contributed by atoms with Gasteiger partial charge < -0.3 is 5.11 Å². The van der Waals surface area contributed by atoms with Crippen LogP contribution in [0.4, 0.5) is 0 Å². The van der Waals surface area contributed by atoms with Crippen molar-refractivity contribution in [3.63, 3.8) is 0 Å². The SMILES string of the molecule is OC12c3c4c5c6c7c8c(c9c%10c1c1c3c3c%11c4c4c5c5c7c7c%12c8c8c9c9c%10c%10c1c1c3c3c%11c%11c4c4c5c7c5c7c%12c8c8c9c9c%10c1c1c3c3c%11c4c5c4c7c8c9c1c34)C62. The lowest BCUT2D eigenvalue weighted by atomic mass is 9.65. The van der Waals surface area contributed by atoms with Crippen LogP contribution in [0, 0.1) is 0 Å². The predicted octanol–water partition coefficient (Wildman–Crippen LogP) is 16.1. The summed E-state index contributed by atoms with van der Waals surface area (Å²) in [7, 11) is 0. The van der Waals surface area contributed by atoms with E-state index in [1.807, 2.05) is 0 Å². The first-order valence-electron chi connectivity index (χ1n) is 22.8. The van der Waals surface area contributed by atoms with Gasteiger partial charge >= 0.3 is 0 Å². The number of aliphatic hydroxyl groups is 1. The van der Waals surface area contributed by atoms with E-state index >= 15 is 5.11 Å². The summed E-state index contributed by atoms with van der Waals surface area (Å²) in [6, 6.07) is 0. The Morgan fingerprint density at radius 3 is 0.459 bits per heavy atom. The fourth-order valence-electron chi connectivity index (χ4n) is 23.1. The van der Waals surface area contributed by atoms with Crippen molar-refractivity contribution in [3.05, 3.63) is 22.3 Å². The Bertz CT molecular complexity index is 6610. The van der Waals surface area contributed by atoms with E-state index in [4.69, 9.17) is 0 Å². The van der Waals surface area contributed by atoms with Crippen LogP contribution in [0.1, 0.15) is 28.2 Å². The zero-order chi connectivity index (χ0) is 35.6. The van der Waals surface area contributed by atoms with Crippen LogP contribution in [0.5, 0.6) is 0 Å². The van der Waals surface area contributed by atoms with Gasteiger partial charge in [0.05, 0.1) is 0 Å². The summed E-state index contributed by atoms with van der Waals surface area (Å²) in [6.07, 6.45) is 0. The summed E-state index contributed by atoms with van der Waals surface area (Å²) in [5, 5.41) is 101. The molecule has 28 aromatic rings. The van der Waals surface area contributed by atoms with Gasteiger partial charge in [-0.3, -0.25) is 0 Å². The van der Waals surface area contributed by atoms with E-state index in [9.17, 15) is 0 Å². The minimum atomic E-state index is -1.09. The average molecular weight is 739 g/mol. The largest absolute Gasteiger partial charge is 0.379 e. The highest BCUT2D eigenvalue weighted by atomic mass is 16.3. The van der Waals surface area contributed by atoms with E-state index in [0.717, 1.165) is 0 Å². The lowest BCUT2D eigenvalue weighted by Crippen LogP contribution is -2.36. The zero-order valence-corrected chi connectivity index (χ0v) is 30.5. The van der Waals surface area contributed by atoms with Gasteiger partial charge in [-0.25, -0.2) is 0 Å². The third kappa shape index (κ3) is 1.04. The molecule has 248 valence electrons. The molecule has 0 bridgehead atoms. The third-order valence-electron chi connectivity index (χ3n) is 23.1. The van der Waals surface area contributed by atoms with Gasteiger partial charge in [0, 0.05) is 17.0 Å².